The molecule has 9 heteroatoms. The summed E-state index contributed by atoms with van der Waals surface area (Å²) in [5.41, 5.74) is -0.720. The maximum absolute atomic E-state index is 12.9. The van der Waals surface area contributed by atoms with E-state index in [1.165, 1.54) is 11.9 Å². The van der Waals surface area contributed by atoms with Crippen molar-refractivity contribution < 1.29 is 29.0 Å². The van der Waals surface area contributed by atoms with Crippen LogP contribution in [0.5, 0.6) is 0 Å². The Bertz CT molecular complexity index is 614. The average Bonchev–Trinajstić information content (AvgIpc) is 2.58. The highest BCUT2D eigenvalue weighted by Crippen LogP contribution is 2.19. The minimum Gasteiger partial charge on any atom is -0.480 e. The summed E-state index contributed by atoms with van der Waals surface area (Å²) in [4.78, 5) is 50.2. The molecule has 1 aliphatic rings. The first kappa shape index (κ1) is 24.7. The number of carboxylic acid groups (broad SMARTS) is 1. The fourth-order valence-electron chi connectivity index (χ4n) is 3.18. The van der Waals surface area contributed by atoms with Crippen molar-refractivity contribution in [2.45, 2.75) is 78.0 Å². The van der Waals surface area contributed by atoms with Crippen LogP contribution in [0.25, 0.3) is 0 Å². The fraction of sp³-hybridized carbons (Fsp3) is 0.800. The van der Waals surface area contributed by atoms with E-state index in [0.29, 0.717) is 19.4 Å². The molecular weight excluding hydrogens is 378 g/mol. The molecule has 9 nitrogen and oxygen atoms in total. The summed E-state index contributed by atoms with van der Waals surface area (Å²) >= 11 is 0. The Hall–Kier alpha value is -2.32. The molecule has 0 aliphatic carbocycles. The van der Waals surface area contributed by atoms with Crippen LogP contribution >= 0.6 is 0 Å². The summed E-state index contributed by atoms with van der Waals surface area (Å²) in [6.45, 7) is 9.58. The number of aliphatic carboxylic acids is 1. The number of ether oxygens (including phenoxy) is 1. The van der Waals surface area contributed by atoms with Gasteiger partial charge in [-0.05, 0) is 52.4 Å². The normalized spacial score (nSPS) is 19.1. The molecule has 1 heterocycles. The topological polar surface area (TPSA) is 125 Å². The molecule has 0 bridgehead atoms. The lowest BCUT2D eigenvalue weighted by atomic mass is 9.91. The number of rotatable bonds is 8. The molecule has 0 aromatic rings. The van der Waals surface area contributed by atoms with E-state index in [9.17, 15) is 24.3 Å². The van der Waals surface area contributed by atoms with Gasteiger partial charge >= 0.3 is 12.1 Å². The van der Waals surface area contributed by atoms with Crippen molar-refractivity contribution in [1.82, 2.24) is 15.5 Å². The van der Waals surface area contributed by atoms with Crippen LogP contribution in [0.3, 0.4) is 0 Å². The SMILES string of the molecule is CC(C)CC(C(=O)NC(CC1CCCNC1=O)C(=O)O)N(C)C(=O)OC(C)(C)C. The van der Waals surface area contributed by atoms with Crippen molar-refractivity contribution in [3.05, 3.63) is 0 Å². The van der Waals surface area contributed by atoms with E-state index in [1.807, 2.05) is 13.8 Å². The molecule has 0 aromatic heterocycles. The first-order valence-electron chi connectivity index (χ1n) is 10.1. The molecule has 166 valence electrons. The lowest BCUT2D eigenvalue weighted by molar-refractivity contribution is -0.143. The van der Waals surface area contributed by atoms with Crippen molar-refractivity contribution in [3.8, 4) is 0 Å². The quantitative estimate of drug-likeness (QED) is 0.557. The van der Waals surface area contributed by atoms with Gasteiger partial charge in [-0.15, -0.1) is 0 Å². The van der Waals surface area contributed by atoms with Crippen LogP contribution in [0.15, 0.2) is 0 Å². The number of carbonyl (C=O) groups excluding carboxylic acids is 3. The monoisotopic (exact) mass is 413 g/mol. The lowest BCUT2D eigenvalue weighted by Gasteiger charge is -2.32. The number of nitrogens with one attached hydrogen (secondary N) is 2. The summed E-state index contributed by atoms with van der Waals surface area (Å²) < 4.78 is 5.34. The number of hydrogen-bond acceptors (Lipinski definition) is 5. The van der Waals surface area contributed by atoms with E-state index >= 15 is 0 Å². The molecule has 1 rings (SSSR count). The highest BCUT2D eigenvalue weighted by Gasteiger charge is 2.35. The summed E-state index contributed by atoms with van der Waals surface area (Å²) in [6, 6.07) is -2.09. The Labute approximate surface area is 172 Å². The number of carboxylic acids is 1. The number of hydrogen-bond donors (Lipinski definition) is 3. The molecule has 1 saturated heterocycles. The third-order valence-electron chi connectivity index (χ3n) is 4.68. The summed E-state index contributed by atoms with van der Waals surface area (Å²) in [5, 5.41) is 14.8. The predicted molar refractivity (Wildman–Crippen MR) is 107 cm³/mol. The van der Waals surface area contributed by atoms with Gasteiger partial charge in [0.05, 0.1) is 0 Å². The van der Waals surface area contributed by atoms with E-state index in [4.69, 9.17) is 4.74 Å². The molecule has 29 heavy (non-hydrogen) atoms. The zero-order valence-corrected chi connectivity index (χ0v) is 18.3. The number of carbonyl (C=O) groups is 4. The second-order valence-electron chi connectivity index (χ2n) is 9.00. The van der Waals surface area contributed by atoms with Gasteiger partial charge in [0, 0.05) is 19.5 Å². The van der Waals surface area contributed by atoms with E-state index in [-0.39, 0.29) is 18.2 Å². The molecule has 3 amide bonds. The number of nitrogens with zero attached hydrogens (tertiary/aromatic N) is 1. The summed E-state index contributed by atoms with van der Waals surface area (Å²) in [7, 11) is 1.46. The van der Waals surface area contributed by atoms with Crippen LogP contribution in [-0.2, 0) is 19.1 Å². The first-order valence-corrected chi connectivity index (χ1v) is 10.1. The largest absolute Gasteiger partial charge is 0.480 e. The maximum Gasteiger partial charge on any atom is 0.410 e. The second kappa shape index (κ2) is 10.5. The van der Waals surface area contributed by atoms with Crippen LogP contribution in [0.1, 0.15) is 60.3 Å². The van der Waals surface area contributed by atoms with Gasteiger partial charge in [0.1, 0.15) is 17.7 Å². The van der Waals surface area contributed by atoms with Gasteiger partial charge in [0.15, 0.2) is 0 Å². The van der Waals surface area contributed by atoms with Gasteiger partial charge < -0.3 is 20.5 Å². The molecule has 3 N–H and O–H groups in total. The first-order chi connectivity index (χ1) is 13.3. The number of likely N-dealkylation sites (N-methyl/N-ethyl adjacent to an activating group) is 1. The Morgan fingerprint density at radius 3 is 2.41 bits per heavy atom. The van der Waals surface area contributed by atoms with Crippen LogP contribution in [0, 0.1) is 11.8 Å². The van der Waals surface area contributed by atoms with Crippen molar-refractivity contribution in [3.63, 3.8) is 0 Å². The Morgan fingerprint density at radius 2 is 1.93 bits per heavy atom. The zero-order chi connectivity index (χ0) is 22.4. The van der Waals surface area contributed by atoms with Crippen LogP contribution < -0.4 is 10.6 Å². The van der Waals surface area contributed by atoms with E-state index < -0.39 is 41.6 Å². The smallest absolute Gasteiger partial charge is 0.410 e. The lowest BCUT2D eigenvalue weighted by Crippen LogP contribution is -2.54. The molecule has 0 spiro atoms. The van der Waals surface area contributed by atoms with Gasteiger partial charge in [0.25, 0.3) is 0 Å². The molecule has 1 aliphatic heterocycles. The third kappa shape index (κ3) is 8.29. The minimum atomic E-state index is -1.21. The Kier molecular flexibility index (Phi) is 8.91. The van der Waals surface area contributed by atoms with Gasteiger partial charge in [0.2, 0.25) is 11.8 Å². The predicted octanol–water partition coefficient (Wildman–Crippen LogP) is 1.75. The van der Waals surface area contributed by atoms with Gasteiger partial charge in [-0.25, -0.2) is 9.59 Å². The Morgan fingerprint density at radius 1 is 1.31 bits per heavy atom. The van der Waals surface area contributed by atoms with Crippen molar-refractivity contribution in [2.24, 2.45) is 11.8 Å². The van der Waals surface area contributed by atoms with Gasteiger partial charge in [-0.1, -0.05) is 13.8 Å². The van der Waals surface area contributed by atoms with E-state index in [0.717, 1.165) is 6.42 Å². The highest BCUT2D eigenvalue weighted by atomic mass is 16.6. The van der Waals surface area contributed by atoms with Crippen LogP contribution in [0.4, 0.5) is 4.79 Å². The second-order valence-corrected chi connectivity index (χ2v) is 9.00. The van der Waals surface area contributed by atoms with E-state index in [1.54, 1.807) is 20.8 Å². The van der Waals surface area contributed by atoms with Gasteiger partial charge in [-0.3, -0.25) is 14.5 Å². The molecule has 0 radical (unpaired) electrons. The molecule has 0 aromatic carbocycles. The minimum absolute atomic E-state index is 0.0114. The van der Waals surface area contributed by atoms with Crippen molar-refractivity contribution in [2.75, 3.05) is 13.6 Å². The molecule has 0 saturated carbocycles. The number of piperidine rings is 1. The number of amides is 3. The van der Waals surface area contributed by atoms with Gasteiger partial charge in [-0.2, -0.15) is 0 Å². The maximum atomic E-state index is 12.9. The molecular formula is C20H35N3O6. The zero-order valence-electron chi connectivity index (χ0n) is 18.3. The van der Waals surface area contributed by atoms with Crippen LogP contribution in [0.2, 0.25) is 0 Å². The average molecular weight is 414 g/mol. The van der Waals surface area contributed by atoms with Crippen molar-refractivity contribution in [1.29, 1.82) is 0 Å². The summed E-state index contributed by atoms with van der Waals surface area (Å²) in [6.07, 6.45) is 1.05. The molecule has 3 unspecified atom stereocenters. The van der Waals surface area contributed by atoms with Crippen molar-refractivity contribution >= 4 is 23.9 Å². The Balaban J connectivity index is 2.91. The molecule has 1 fully saturated rings. The molecule has 3 atom stereocenters. The van der Waals surface area contributed by atoms with Crippen LogP contribution in [-0.4, -0.2) is 65.2 Å². The fourth-order valence-corrected chi connectivity index (χ4v) is 3.18. The summed E-state index contributed by atoms with van der Waals surface area (Å²) in [5.74, 6) is -2.35. The standard InChI is InChI=1S/C20H35N3O6/c1-12(2)10-15(23(6)19(28)29-20(3,4)5)17(25)22-14(18(26)27)11-13-8-7-9-21-16(13)24/h12-15H,7-11H2,1-6H3,(H,21,24)(H,22,25)(H,26,27). The highest BCUT2D eigenvalue weighted by molar-refractivity contribution is 5.89. The van der Waals surface area contributed by atoms with E-state index in [2.05, 4.69) is 10.6 Å². The third-order valence-corrected chi connectivity index (χ3v) is 4.68.